The molecule has 5 nitrogen and oxygen atoms in total. The van der Waals surface area contributed by atoms with Crippen molar-refractivity contribution in [3.8, 4) is 6.07 Å². The number of amides is 1. The van der Waals surface area contributed by atoms with Gasteiger partial charge in [-0.3, -0.25) is 9.59 Å². The van der Waals surface area contributed by atoms with Crippen LogP contribution in [-0.2, 0) is 4.79 Å². The zero-order chi connectivity index (χ0) is 13.7. The molecule has 1 N–H and O–H groups in total. The van der Waals surface area contributed by atoms with Crippen molar-refractivity contribution in [3.63, 3.8) is 0 Å². The summed E-state index contributed by atoms with van der Waals surface area (Å²) in [5.41, 5.74) is 0.698. The van der Waals surface area contributed by atoms with Crippen molar-refractivity contribution in [1.29, 1.82) is 5.26 Å². The van der Waals surface area contributed by atoms with Gasteiger partial charge < -0.3 is 10.0 Å². The van der Waals surface area contributed by atoms with Gasteiger partial charge in [0, 0.05) is 11.6 Å². The topological polar surface area (TPSA) is 81.4 Å². The summed E-state index contributed by atoms with van der Waals surface area (Å²) in [4.78, 5) is 24.1. The summed E-state index contributed by atoms with van der Waals surface area (Å²) in [7, 11) is 0. The Morgan fingerprint density at radius 1 is 1.44 bits per heavy atom. The van der Waals surface area contributed by atoms with Gasteiger partial charge in [0.1, 0.15) is 6.54 Å². The number of rotatable bonds is 4. The van der Waals surface area contributed by atoms with Crippen molar-refractivity contribution in [2.75, 3.05) is 6.54 Å². The second-order valence-corrected chi connectivity index (χ2v) is 4.11. The quantitative estimate of drug-likeness (QED) is 0.872. The third-order valence-corrected chi connectivity index (χ3v) is 2.43. The SMILES string of the molecule is CC(C)N(CC(=O)O)C(=O)c1cccc(C#N)c1. The molecule has 0 spiro atoms. The molecule has 0 aliphatic carbocycles. The van der Waals surface area contributed by atoms with Gasteiger partial charge in [-0.25, -0.2) is 0 Å². The normalized spacial score (nSPS) is 9.89. The van der Waals surface area contributed by atoms with Gasteiger partial charge in [0.2, 0.25) is 0 Å². The lowest BCUT2D eigenvalue weighted by Gasteiger charge is -2.24. The fraction of sp³-hybridized carbons (Fsp3) is 0.308. The van der Waals surface area contributed by atoms with Crippen molar-refractivity contribution < 1.29 is 14.7 Å². The third-order valence-electron chi connectivity index (χ3n) is 2.43. The molecule has 0 fully saturated rings. The number of hydrogen-bond acceptors (Lipinski definition) is 3. The number of aliphatic carboxylic acids is 1. The van der Waals surface area contributed by atoms with Crippen LogP contribution in [0.4, 0.5) is 0 Å². The zero-order valence-electron chi connectivity index (χ0n) is 10.3. The lowest BCUT2D eigenvalue weighted by atomic mass is 10.1. The molecule has 0 radical (unpaired) electrons. The van der Waals surface area contributed by atoms with Crippen molar-refractivity contribution >= 4 is 11.9 Å². The number of nitrogens with zero attached hydrogens (tertiary/aromatic N) is 2. The largest absolute Gasteiger partial charge is 0.480 e. The first-order chi connectivity index (χ1) is 8.45. The minimum Gasteiger partial charge on any atom is -0.480 e. The summed E-state index contributed by atoms with van der Waals surface area (Å²) in [5, 5.41) is 17.6. The molecule has 0 saturated carbocycles. The van der Waals surface area contributed by atoms with E-state index in [1.165, 1.54) is 11.0 Å². The fourth-order valence-electron chi connectivity index (χ4n) is 1.52. The van der Waals surface area contributed by atoms with Crippen LogP contribution in [0.25, 0.3) is 0 Å². The van der Waals surface area contributed by atoms with E-state index in [0.29, 0.717) is 11.1 Å². The Morgan fingerprint density at radius 3 is 2.61 bits per heavy atom. The van der Waals surface area contributed by atoms with Gasteiger partial charge >= 0.3 is 5.97 Å². The van der Waals surface area contributed by atoms with Crippen LogP contribution in [0.2, 0.25) is 0 Å². The van der Waals surface area contributed by atoms with E-state index in [2.05, 4.69) is 0 Å². The van der Waals surface area contributed by atoms with Crippen molar-refractivity contribution in [2.24, 2.45) is 0 Å². The molecule has 94 valence electrons. The molecule has 0 aliphatic rings. The van der Waals surface area contributed by atoms with Gasteiger partial charge in [0.15, 0.2) is 0 Å². The fourth-order valence-corrected chi connectivity index (χ4v) is 1.52. The van der Waals surface area contributed by atoms with Gasteiger partial charge in [-0.1, -0.05) is 6.07 Å². The standard InChI is InChI=1S/C13H14N2O3/c1-9(2)15(8-12(16)17)13(18)11-5-3-4-10(6-11)7-14/h3-6,9H,8H2,1-2H3,(H,16,17). The molecule has 1 rings (SSSR count). The molecule has 0 unspecified atom stereocenters. The Bertz CT molecular complexity index is 503. The second-order valence-electron chi connectivity index (χ2n) is 4.11. The minimum atomic E-state index is -1.06. The van der Waals surface area contributed by atoms with Crippen LogP contribution in [0.15, 0.2) is 24.3 Å². The first kappa shape index (κ1) is 13.7. The van der Waals surface area contributed by atoms with Gasteiger partial charge in [0.05, 0.1) is 11.6 Å². The first-order valence-corrected chi connectivity index (χ1v) is 5.48. The lowest BCUT2D eigenvalue weighted by molar-refractivity contribution is -0.138. The summed E-state index contributed by atoms with van der Waals surface area (Å²) in [6, 6.07) is 7.94. The average Bonchev–Trinajstić information content (AvgIpc) is 2.34. The Kier molecular flexibility index (Phi) is 4.44. The highest BCUT2D eigenvalue weighted by molar-refractivity contribution is 5.96. The van der Waals surface area contributed by atoms with Crippen molar-refractivity contribution in [3.05, 3.63) is 35.4 Å². The molecule has 0 aromatic heterocycles. The average molecular weight is 246 g/mol. The molecule has 0 bridgehead atoms. The highest BCUT2D eigenvalue weighted by Gasteiger charge is 2.21. The molecular weight excluding hydrogens is 232 g/mol. The summed E-state index contributed by atoms with van der Waals surface area (Å²) in [6.45, 7) is 3.14. The highest BCUT2D eigenvalue weighted by Crippen LogP contribution is 2.10. The Labute approximate surface area is 105 Å². The maximum atomic E-state index is 12.1. The molecule has 0 heterocycles. The van der Waals surface area contributed by atoms with Crippen LogP contribution in [0.1, 0.15) is 29.8 Å². The smallest absolute Gasteiger partial charge is 0.323 e. The second kappa shape index (κ2) is 5.82. The van der Waals surface area contributed by atoms with Crippen LogP contribution in [-0.4, -0.2) is 34.5 Å². The number of nitriles is 1. The van der Waals surface area contributed by atoms with Gasteiger partial charge in [0.25, 0.3) is 5.91 Å². The van der Waals surface area contributed by atoms with E-state index >= 15 is 0 Å². The highest BCUT2D eigenvalue weighted by atomic mass is 16.4. The van der Waals surface area contributed by atoms with Crippen LogP contribution in [0, 0.1) is 11.3 Å². The summed E-state index contributed by atoms with van der Waals surface area (Å²) in [5.74, 6) is -1.45. The number of hydrogen-bond donors (Lipinski definition) is 1. The summed E-state index contributed by atoms with van der Waals surface area (Å²) in [6.07, 6.45) is 0. The molecule has 0 aliphatic heterocycles. The van der Waals surface area contributed by atoms with E-state index in [4.69, 9.17) is 10.4 Å². The number of carboxylic acids is 1. The monoisotopic (exact) mass is 246 g/mol. The molecular formula is C13H14N2O3. The zero-order valence-corrected chi connectivity index (χ0v) is 10.3. The van der Waals surface area contributed by atoms with Crippen LogP contribution < -0.4 is 0 Å². The van der Waals surface area contributed by atoms with Gasteiger partial charge in [-0.15, -0.1) is 0 Å². The third kappa shape index (κ3) is 3.32. The van der Waals surface area contributed by atoms with Gasteiger partial charge in [-0.2, -0.15) is 5.26 Å². The predicted octanol–water partition coefficient (Wildman–Crippen LogP) is 1.49. The van der Waals surface area contributed by atoms with E-state index in [-0.39, 0.29) is 18.5 Å². The maximum Gasteiger partial charge on any atom is 0.323 e. The number of carbonyl (C=O) groups excluding carboxylic acids is 1. The Hall–Kier alpha value is -2.35. The van der Waals surface area contributed by atoms with Crippen LogP contribution in [0.3, 0.4) is 0 Å². The van der Waals surface area contributed by atoms with E-state index < -0.39 is 5.97 Å². The predicted molar refractivity (Wildman–Crippen MR) is 65.0 cm³/mol. The molecule has 1 aromatic carbocycles. The molecule has 5 heteroatoms. The summed E-state index contributed by atoms with van der Waals surface area (Å²) >= 11 is 0. The molecule has 0 atom stereocenters. The van der Waals surface area contributed by atoms with E-state index in [1.807, 2.05) is 6.07 Å². The van der Waals surface area contributed by atoms with Crippen molar-refractivity contribution in [2.45, 2.75) is 19.9 Å². The molecule has 1 aromatic rings. The minimum absolute atomic E-state index is 0.223. The lowest BCUT2D eigenvalue weighted by Crippen LogP contribution is -2.40. The van der Waals surface area contributed by atoms with E-state index in [1.54, 1.807) is 32.0 Å². The van der Waals surface area contributed by atoms with Crippen LogP contribution >= 0.6 is 0 Å². The van der Waals surface area contributed by atoms with Gasteiger partial charge in [-0.05, 0) is 32.0 Å². The number of benzene rings is 1. The Morgan fingerprint density at radius 2 is 2.11 bits per heavy atom. The van der Waals surface area contributed by atoms with E-state index in [0.717, 1.165) is 0 Å². The molecule has 1 amide bonds. The van der Waals surface area contributed by atoms with Crippen molar-refractivity contribution in [1.82, 2.24) is 4.90 Å². The van der Waals surface area contributed by atoms with E-state index in [9.17, 15) is 9.59 Å². The van der Waals surface area contributed by atoms with Crippen LogP contribution in [0.5, 0.6) is 0 Å². The number of carbonyl (C=O) groups is 2. The molecule has 0 saturated heterocycles. The first-order valence-electron chi connectivity index (χ1n) is 5.48. The Balaban J connectivity index is 3.02. The number of carboxylic acid groups (broad SMARTS) is 1. The molecule has 18 heavy (non-hydrogen) atoms. The summed E-state index contributed by atoms with van der Waals surface area (Å²) < 4.78 is 0. The maximum absolute atomic E-state index is 12.1.